The van der Waals surface area contributed by atoms with Crippen molar-refractivity contribution in [2.45, 2.75) is 32.2 Å². The van der Waals surface area contributed by atoms with Crippen LogP contribution >= 0.6 is 0 Å². The van der Waals surface area contributed by atoms with Gasteiger partial charge in [-0.15, -0.1) is 0 Å². The molecular weight excluding hydrogens is 358 g/mol. The Hall–Kier alpha value is -3.06. The number of nitrogens with two attached hydrogens (primary N) is 1. The summed E-state index contributed by atoms with van der Waals surface area (Å²) < 4.78 is 10.7. The highest BCUT2D eigenvalue weighted by Crippen LogP contribution is 2.25. The fourth-order valence-electron chi connectivity index (χ4n) is 2.66. The van der Waals surface area contributed by atoms with Crippen LogP contribution in [0.1, 0.15) is 26.7 Å². The van der Waals surface area contributed by atoms with Crippen LogP contribution in [0.25, 0.3) is 0 Å². The molecule has 0 heterocycles. The Labute approximate surface area is 165 Å². The number of carbonyl (C=O) groups is 2. The zero-order valence-electron chi connectivity index (χ0n) is 16.5. The van der Waals surface area contributed by atoms with Gasteiger partial charge >= 0.3 is 0 Å². The van der Waals surface area contributed by atoms with Gasteiger partial charge < -0.3 is 25.8 Å². The van der Waals surface area contributed by atoms with E-state index in [-0.39, 0.29) is 18.4 Å². The van der Waals surface area contributed by atoms with Crippen molar-refractivity contribution >= 4 is 23.2 Å². The first-order valence-electron chi connectivity index (χ1n) is 9.12. The van der Waals surface area contributed by atoms with Gasteiger partial charge in [0.2, 0.25) is 5.91 Å². The quantitative estimate of drug-likeness (QED) is 0.615. The van der Waals surface area contributed by atoms with E-state index in [9.17, 15) is 9.59 Å². The molecule has 0 radical (unpaired) electrons. The number of rotatable bonds is 9. The number of nitrogens with one attached hydrogen (secondary N) is 2. The van der Waals surface area contributed by atoms with E-state index in [2.05, 4.69) is 10.6 Å². The minimum Gasteiger partial charge on any atom is -0.493 e. The van der Waals surface area contributed by atoms with Gasteiger partial charge in [0.1, 0.15) is 0 Å². The van der Waals surface area contributed by atoms with Gasteiger partial charge in [-0.2, -0.15) is 0 Å². The summed E-state index contributed by atoms with van der Waals surface area (Å²) >= 11 is 0. The lowest BCUT2D eigenvalue weighted by Crippen LogP contribution is -2.48. The third kappa shape index (κ3) is 5.99. The summed E-state index contributed by atoms with van der Waals surface area (Å²) in [7, 11) is 1.54. The number of methoxy groups -OCH3 is 1. The van der Waals surface area contributed by atoms with Gasteiger partial charge in [0, 0.05) is 11.4 Å². The van der Waals surface area contributed by atoms with Crippen molar-refractivity contribution in [1.29, 1.82) is 0 Å². The smallest absolute Gasteiger partial charge is 0.262 e. The molecule has 0 aliphatic heterocycles. The number of benzene rings is 2. The fraction of sp³-hybridized carbons (Fsp3) is 0.333. The molecule has 1 atom stereocenters. The number of para-hydroxylation sites is 2. The molecule has 0 spiro atoms. The van der Waals surface area contributed by atoms with E-state index >= 15 is 0 Å². The van der Waals surface area contributed by atoms with Gasteiger partial charge in [0.15, 0.2) is 18.1 Å². The van der Waals surface area contributed by atoms with E-state index in [1.165, 1.54) is 7.11 Å². The van der Waals surface area contributed by atoms with Crippen molar-refractivity contribution < 1.29 is 19.1 Å². The molecule has 2 aromatic carbocycles. The van der Waals surface area contributed by atoms with Gasteiger partial charge in [0.25, 0.3) is 5.91 Å². The van der Waals surface area contributed by atoms with Crippen molar-refractivity contribution in [2.24, 2.45) is 5.73 Å². The van der Waals surface area contributed by atoms with Crippen LogP contribution in [0, 0.1) is 0 Å². The fourth-order valence-corrected chi connectivity index (χ4v) is 2.66. The molecule has 2 amide bonds. The Bertz CT molecular complexity index is 821. The molecule has 0 aliphatic rings. The molecule has 0 aromatic heterocycles. The van der Waals surface area contributed by atoms with Crippen LogP contribution in [0.4, 0.5) is 11.4 Å². The maximum absolute atomic E-state index is 12.3. The third-order valence-electron chi connectivity index (χ3n) is 4.12. The summed E-state index contributed by atoms with van der Waals surface area (Å²) in [6.45, 7) is 3.50. The Balaban J connectivity index is 1.95. The van der Waals surface area contributed by atoms with E-state index < -0.39 is 5.54 Å². The molecule has 0 saturated carbocycles. The van der Waals surface area contributed by atoms with Crippen molar-refractivity contribution in [1.82, 2.24) is 0 Å². The van der Waals surface area contributed by atoms with Crippen LogP contribution < -0.4 is 25.8 Å². The maximum atomic E-state index is 12.3. The zero-order chi connectivity index (χ0) is 20.6. The molecule has 0 aliphatic carbocycles. The predicted octanol–water partition coefficient (Wildman–Crippen LogP) is 3.17. The Kier molecular flexibility index (Phi) is 7.40. The van der Waals surface area contributed by atoms with Crippen molar-refractivity contribution in [3.05, 3.63) is 48.5 Å². The molecule has 0 bridgehead atoms. The van der Waals surface area contributed by atoms with Crippen LogP contribution in [0.5, 0.6) is 11.5 Å². The lowest BCUT2D eigenvalue weighted by atomic mass is 9.96. The SMILES string of the molecule is CCCC(C)(N)C(=O)Nc1cccc(NC(=O)COc2ccccc2OC)c1. The summed E-state index contributed by atoms with van der Waals surface area (Å²) in [5.74, 6) is 0.442. The lowest BCUT2D eigenvalue weighted by molar-refractivity contribution is -0.121. The highest BCUT2D eigenvalue weighted by atomic mass is 16.5. The second-order valence-electron chi connectivity index (χ2n) is 6.69. The molecule has 7 nitrogen and oxygen atoms in total. The van der Waals surface area contributed by atoms with Crippen LogP contribution in [0.2, 0.25) is 0 Å². The zero-order valence-corrected chi connectivity index (χ0v) is 16.5. The largest absolute Gasteiger partial charge is 0.493 e. The number of ether oxygens (including phenoxy) is 2. The molecule has 0 saturated heterocycles. The molecule has 1 unspecified atom stereocenters. The molecule has 2 aromatic rings. The topological polar surface area (TPSA) is 103 Å². The predicted molar refractivity (Wildman–Crippen MR) is 110 cm³/mol. The van der Waals surface area contributed by atoms with E-state index in [0.29, 0.717) is 29.3 Å². The summed E-state index contributed by atoms with van der Waals surface area (Å²) in [4.78, 5) is 24.5. The van der Waals surface area contributed by atoms with Crippen LogP contribution in [0.3, 0.4) is 0 Å². The first kappa shape index (κ1) is 21.2. The van der Waals surface area contributed by atoms with E-state index in [0.717, 1.165) is 6.42 Å². The number of amides is 2. The minimum atomic E-state index is -0.948. The molecule has 7 heteroatoms. The van der Waals surface area contributed by atoms with Gasteiger partial charge in [-0.25, -0.2) is 0 Å². The summed E-state index contributed by atoms with van der Waals surface area (Å²) in [6.07, 6.45) is 1.39. The van der Waals surface area contributed by atoms with Crippen LogP contribution in [0.15, 0.2) is 48.5 Å². The first-order valence-corrected chi connectivity index (χ1v) is 9.12. The van der Waals surface area contributed by atoms with Gasteiger partial charge in [-0.3, -0.25) is 9.59 Å². The average molecular weight is 385 g/mol. The highest BCUT2D eigenvalue weighted by Gasteiger charge is 2.27. The average Bonchev–Trinajstić information content (AvgIpc) is 2.66. The number of hydrogen-bond acceptors (Lipinski definition) is 5. The lowest BCUT2D eigenvalue weighted by Gasteiger charge is -2.23. The summed E-state index contributed by atoms with van der Waals surface area (Å²) in [6, 6.07) is 14.0. The number of carbonyl (C=O) groups excluding carboxylic acids is 2. The number of anilines is 2. The minimum absolute atomic E-state index is 0.172. The molecular formula is C21H27N3O4. The van der Waals surface area contributed by atoms with Gasteiger partial charge in [0.05, 0.1) is 12.6 Å². The van der Waals surface area contributed by atoms with Crippen LogP contribution in [-0.4, -0.2) is 31.1 Å². The summed E-state index contributed by atoms with van der Waals surface area (Å²) in [5.41, 5.74) is 6.20. The monoisotopic (exact) mass is 385 g/mol. The van der Waals surface area contributed by atoms with Crippen molar-refractivity contribution in [3.63, 3.8) is 0 Å². The highest BCUT2D eigenvalue weighted by molar-refractivity contribution is 5.98. The first-order chi connectivity index (χ1) is 13.4. The number of hydrogen-bond donors (Lipinski definition) is 3. The summed E-state index contributed by atoms with van der Waals surface area (Å²) in [5, 5.41) is 5.53. The van der Waals surface area contributed by atoms with Crippen molar-refractivity contribution in [3.8, 4) is 11.5 Å². The Morgan fingerprint density at radius 1 is 1.04 bits per heavy atom. The van der Waals surface area contributed by atoms with E-state index in [1.54, 1.807) is 49.4 Å². The molecule has 0 fully saturated rings. The molecule has 150 valence electrons. The Morgan fingerprint density at radius 3 is 2.32 bits per heavy atom. The second kappa shape index (κ2) is 9.75. The van der Waals surface area contributed by atoms with Gasteiger partial charge in [-0.1, -0.05) is 31.5 Å². The third-order valence-corrected chi connectivity index (χ3v) is 4.12. The molecule has 2 rings (SSSR count). The van der Waals surface area contributed by atoms with E-state index in [1.807, 2.05) is 13.0 Å². The second-order valence-corrected chi connectivity index (χ2v) is 6.69. The molecule has 28 heavy (non-hydrogen) atoms. The maximum Gasteiger partial charge on any atom is 0.262 e. The van der Waals surface area contributed by atoms with Crippen molar-refractivity contribution in [2.75, 3.05) is 24.4 Å². The van der Waals surface area contributed by atoms with Gasteiger partial charge in [-0.05, 0) is 43.7 Å². The van der Waals surface area contributed by atoms with Crippen LogP contribution in [-0.2, 0) is 9.59 Å². The van der Waals surface area contributed by atoms with E-state index in [4.69, 9.17) is 15.2 Å². The normalized spacial score (nSPS) is 12.6. The Morgan fingerprint density at radius 2 is 1.68 bits per heavy atom. The standard InChI is InChI=1S/C21H27N3O4/c1-4-12-21(2,22)20(26)24-16-9-7-8-15(13-16)23-19(25)14-28-18-11-6-5-10-17(18)27-3/h5-11,13H,4,12,14,22H2,1-3H3,(H,23,25)(H,24,26). The molecule has 4 N–H and O–H groups in total.